The lowest BCUT2D eigenvalue weighted by atomic mass is 10.3. The summed E-state index contributed by atoms with van der Waals surface area (Å²) in [5.41, 5.74) is 1.96. The molecular weight excluding hydrogens is 370 g/mol. The molecular formula is C17H22BrN5O. The molecule has 0 aliphatic carbocycles. The Kier molecular flexibility index (Phi) is 6.69. The second-order valence-corrected chi connectivity index (χ2v) is 6.68. The molecule has 2 N–H and O–H groups in total. The Morgan fingerprint density at radius 1 is 1.25 bits per heavy atom. The number of benzene rings is 1. The minimum absolute atomic E-state index is 0.184. The molecule has 0 spiro atoms. The van der Waals surface area contributed by atoms with Gasteiger partial charge in [-0.1, -0.05) is 22.0 Å². The summed E-state index contributed by atoms with van der Waals surface area (Å²) in [5.74, 6) is 0.225. The number of hydrogen-bond donors (Lipinski definition) is 2. The van der Waals surface area contributed by atoms with Crippen molar-refractivity contribution in [3.63, 3.8) is 0 Å². The van der Waals surface area contributed by atoms with E-state index >= 15 is 0 Å². The summed E-state index contributed by atoms with van der Waals surface area (Å²) in [6, 6.07) is 9.38. The first-order chi connectivity index (χ1) is 11.4. The lowest BCUT2D eigenvalue weighted by Crippen LogP contribution is -2.28. The third-order valence-electron chi connectivity index (χ3n) is 3.24. The number of rotatable bonds is 7. The van der Waals surface area contributed by atoms with Gasteiger partial charge in [0, 0.05) is 22.4 Å². The number of nitrogens with zero attached hydrogens (tertiary/aromatic N) is 3. The number of carbonyl (C=O) groups excluding carboxylic acids is 1. The summed E-state index contributed by atoms with van der Waals surface area (Å²) in [7, 11) is 4.02. The van der Waals surface area contributed by atoms with Gasteiger partial charge in [-0.2, -0.15) is 0 Å². The van der Waals surface area contributed by atoms with Gasteiger partial charge >= 0.3 is 0 Å². The van der Waals surface area contributed by atoms with E-state index in [-0.39, 0.29) is 5.91 Å². The number of hydrogen-bond acceptors (Lipinski definition) is 5. The molecule has 1 aromatic heterocycles. The summed E-state index contributed by atoms with van der Waals surface area (Å²) in [6.07, 6.45) is 0.895. The maximum atomic E-state index is 12.3. The maximum absolute atomic E-state index is 12.3. The molecule has 0 saturated heterocycles. The summed E-state index contributed by atoms with van der Waals surface area (Å²) in [6.45, 7) is 3.39. The number of amides is 1. The van der Waals surface area contributed by atoms with Crippen molar-refractivity contribution in [2.45, 2.75) is 13.3 Å². The van der Waals surface area contributed by atoms with E-state index < -0.39 is 0 Å². The van der Waals surface area contributed by atoms with Crippen LogP contribution in [0, 0.1) is 6.92 Å². The highest BCUT2D eigenvalue weighted by Crippen LogP contribution is 2.18. The Morgan fingerprint density at radius 3 is 2.75 bits per heavy atom. The Labute approximate surface area is 150 Å². The summed E-state index contributed by atoms with van der Waals surface area (Å²) in [5, 5.41) is 6.01. The number of carbonyl (C=O) groups is 1. The van der Waals surface area contributed by atoms with E-state index in [1.54, 1.807) is 6.07 Å². The second-order valence-electron chi connectivity index (χ2n) is 5.77. The largest absolute Gasteiger partial charge is 0.351 e. The van der Waals surface area contributed by atoms with Gasteiger partial charge in [-0.3, -0.25) is 4.79 Å². The zero-order valence-electron chi connectivity index (χ0n) is 14.1. The molecule has 24 heavy (non-hydrogen) atoms. The highest BCUT2D eigenvalue weighted by molar-refractivity contribution is 9.10. The molecule has 0 unspecified atom stereocenters. The zero-order valence-corrected chi connectivity index (χ0v) is 15.7. The van der Waals surface area contributed by atoms with Crippen LogP contribution in [0.15, 0.2) is 34.8 Å². The Hall–Kier alpha value is -1.99. The van der Waals surface area contributed by atoms with Gasteiger partial charge in [0.15, 0.2) is 0 Å². The van der Waals surface area contributed by atoms with Gasteiger partial charge in [-0.05, 0) is 58.3 Å². The molecule has 1 amide bonds. The van der Waals surface area contributed by atoms with Gasteiger partial charge in [0.2, 0.25) is 5.95 Å². The average Bonchev–Trinajstić information content (AvgIpc) is 2.50. The van der Waals surface area contributed by atoms with Crippen molar-refractivity contribution in [3.05, 3.63) is 46.2 Å². The van der Waals surface area contributed by atoms with Gasteiger partial charge in [0.05, 0.1) is 0 Å². The fourth-order valence-electron chi connectivity index (χ4n) is 2.12. The smallest absolute Gasteiger partial charge is 0.270 e. The fourth-order valence-corrected chi connectivity index (χ4v) is 2.52. The Balaban J connectivity index is 2.03. The number of aromatic nitrogens is 2. The second kappa shape index (κ2) is 8.75. The van der Waals surface area contributed by atoms with E-state index in [0.29, 0.717) is 18.2 Å². The van der Waals surface area contributed by atoms with Crippen LogP contribution in [0.1, 0.15) is 22.6 Å². The van der Waals surface area contributed by atoms with E-state index in [4.69, 9.17) is 0 Å². The van der Waals surface area contributed by atoms with Gasteiger partial charge in [0.25, 0.3) is 5.91 Å². The topological polar surface area (TPSA) is 70.2 Å². The van der Waals surface area contributed by atoms with Crippen molar-refractivity contribution < 1.29 is 4.79 Å². The molecule has 0 aliphatic heterocycles. The van der Waals surface area contributed by atoms with E-state index in [2.05, 4.69) is 41.4 Å². The zero-order chi connectivity index (χ0) is 17.5. The molecule has 6 nitrogen and oxygen atoms in total. The fraction of sp³-hybridized carbons (Fsp3) is 0.353. The SMILES string of the molecule is Cc1cc(C(=O)NCCCN(C)C)nc(Nc2cccc(Br)c2)n1. The normalized spacial score (nSPS) is 10.7. The summed E-state index contributed by atoms with van der Waals surface area (Å²) >= 11 is 3.42. The minimum atomic E-state index is -0.184. The molecule has 1 aromatic carbocycles. The first-order valence-electron chi connectivity index (χ1n) is 7.75. The third kappa shape index (κ3) is 5.90. The number of nitrogens with one attached hydrogen (secondary N) is 2. The van der Waals surface area contributed by atoms with Gasteiger partial charge in [0.1, 0.15) is 5.69 Å². The predicted molar refractivity (Wildman–Crippen MR) is 99.7 cm³/mol. The average molecular weight is 392 g/mol. The van der Waals surface area contributed by atoms with Gasteiger partial charge in [-0.15, -0.1) is 0 Å². The Morgan fingerprint density at radius 2 is 2.04 bits per heavy atom. The molecule has 7 heteroatoms. The Bertz CT molecular complexity index is 705. The summed E-state index contributed by atoms with van der Waals surface area (Å²) < 4.78 is 0.957. The van der Waals surface area contributed by atoms with Crippen LogP contribution >= 0.6 is 15.9 Å². The number of anilines is 2. The summed E-state index contributed by atoms with van der Waals surface area (Å²) in [4.78, 5) is 23.0. The first-order valence-corrected chi connectivity index (χ1v) is 8.54. The maximum Gasteiger partial charge on any atom is 0.270 e. The van der Waals surface area contributed by atoms with E-state index in [1.807, 2.05) is 45.3 Å². The van der Waals surface area contributed by atoms with Crippen LogP contribution in [0.3, 0.4) is 0 Å². The van der Waals surface area contributed by atoms with Crippen LogP contribution in [-0.4, -0.2) is 48.0 Å². The van der Waals surface area contributed by atoms with Crippen LogP contribution < -0.4 is 10.6 Å². The molecule has 0 saturated carbocycles. The van der Waals surface area contributed by atoms with Gasteiger partial charge in [-0.25, -0.2) is 9.97 Å². The molecule has 1 heterocycles. The van der Waals surface area contributed by atoms with Crippen LogP contribution in [0.5, 0.6) is 0 Å². The van der Waals surface area contributed by atoms with Crippen molar-refractivity contribution in [2.75, 3.05) is 32.5 Å². The van der Waals surface area contributed by atoms with Crippen molar-refractivity contribution in [1.82, 2.24) is 20.2 Å². The lowest BCUT2D eigenvalue weighted by Gasteiger charge is -2.11. The van der Waals surface area contributed by atoms with Crippen molar-refractivity contribution in [2.24, 2.45) is 0 Å². The first kappa shape index (κ1) is 18.4. The molecule has 0 aliphatic rings. The van der Waals surface area contributed by atoms with Gasteiger partial charge < -0.3 is 15.5 Å². The standard InChI is InChI=1S/C17H22BrN5O/c1-12-10-15(16(24)19-8-5-9-23(2)3)22-17(20-12)21-14-7-4-6-13(18)11-14/h4,6-7,10-11H,5,8-9H2,1-3H3,(H,19,24)(H,20,21,22). The molecule has 0 fully saturated rings. The quantitative estimate of drug-likeness (QED) is 0.709. The molecule has 0 atom stereocenters. The van der Waals surface area contributed by atoms with Crippen LogP contribution in [-0.2, 0) is 0 Å². The minimum Gasteiger partial charge on any atom is -0.351 e. The highest BCUT2D eigenvalue weighted by atomic mass is 79.9. The number of halogens is 1. The van der Waals surface area contributed by atoms with Crippen molar-refractivity contribution in [1.29, 1.82) is 0 Å². The molecule has 128 valence electrons. The molecule has 2 aromatic rings. The molecule has 0 radical (unpaired) electrons. The molecule has 0 bridgehead atoms. The van der Waals surface area contributed by atoms with E-state index in [1.165, 1.54) is 0 Å². The monoisotopic (exact) mass is 391 g/mol. The highest BCUT2D eigenvalue weighted by Gasteiger charge is 2.10. The van der Waals surface area contributed by atoms with Crippen molar-refractivity contribution >= 4 is 33.5 Å². The van der Waals surface area contributed by atoms with Crippen LogP contribution in [0.4, 0.5) is 11.6 Å². The van der Waals surface area contributed by atoms with E-state index in [0.717, 1.165) is 28.8 Å². The number of aryl methyl sites for hydroxylation is 1. The van der Waals surface area contributed by atoms with E-state index in [9.17, 15) is 4.79 Å². The van der Waals surface area contributed by atoms with Crippen LogP contribution in [0.25, 0.3) is 0 Å². The van der Waals surface area contributed by atoms with Crippen LogP contribution in [0.2, 0.25) is 0 Å². The third-order valence-corrected chi connectivity index (χ3v) is 3.73. The lowest BCUT2D eigenvalue weighted by molar-refractivity contribution is 0.0947. The van der Waals surface area contributed by atoms with Crippen molar-refractivity contribution in [3.8, 4) is 0 Å². The molecule has 2 rings (SSSR count). The predicted octanol–water partition coefficient (Wildman–Crippen LogP) is 2.97.